The SMILES string of the molecule is CCCCC(Sc1cc(C(C)(C)C)c(O)c(C(C)(C)C)c1)C(=O)NC12CC3CC(CC(C3)C1)C2. The van der Waals surface area contributed by atoms with Crippen LogP contribution in [0.3, 0.4) is 0 Å². The molecule has 0 saturated heterocycles. The van der Waals surface area contributed by atoms with Crippen molar-refractivity contribution in [1.82, 2.24) is 5.32 Å². The first-order chi connectivity index (χ1) is 15.8. The molecule has 0 spiro atoms. The summed E-state index contributed by atoms with van der Waals surface area (Å²) in [5.74, 6) is 3.13. The van der Waals surface area contributed by atoms with E-state index in [1.807, 2.05) is 0 Å². The van der Waals surface area contributed by atoms with Gasteiger partial charge in [0, 0.05) is 21.6 Å². The predicted octanol–water partition coefficient (Wildman–Crippen LogP) is 7.72. The summed E-state index contributed by atoms with van der Waals surface area (Å²) >= 11 is 1.71. The third-order valence-corrected chi connectivity index (χ3v) is 9.76. The second kappa shape index (κ2) is 9.37. The van der Waals surface area contributed by atoms with Crippen molar-refractivity contribution in [3.05, 3.63) is 23.3 Å². The van der Waals surface area contributed by atoms with Crippen LogP contribution in [0.5, 0.6) is 5.75 Å². The van der Waals surface area contributed by atoms with Gasteiger partial charge in [-0.2, -0.15) is 0 Å². The Morgan fingerprint density at radius 1 is 1.00 bits per heavy atom. The molecule has 4 aliphatic carbocycles. The van der Waals surface area contributed by atoms with Crippen LogP contribution >= 0.6 is 11.8 Å². The lowest BCUT2D eigenvalue weighted by Crippen LogP contribution is -2.61. The zero-order valence-electron chi connectivity index (χ0n) is 22.6. The molecule has 1 aromatic rings. The fraction of sp³-hybridized carbons (Fsp3) is 0.767. The van der Waals surface area contributed by atoms with Crippen molar-refractivity contribution in [2.75, 3.05) is 0 Å². The Morgan fingerprint density at radius 2 is 1.47 bits per heavy atom. The number of aromatic hydroxyl groups is 1. The molecule has 190 valence electrons. The molecule has 4 bridgehead atoms. The molecule has 0 radical (unpaired) electrons. The third kappa shape index (κ3) is 5.47. The van der Waals surface area contributed by atoms with Crippen molar-refractivity contribution in [2.24, 2.45) is 17.8 Å². The number of phenolic OH excluding ortho intramolecular Hbond substituents is 1. The Balaban J connectivity index is 1.59. The highest BCUT2D eigenvalue weighted by atomic mass is 32.2. The average molecular weight is 486 g/mol. The highest BCUT2D eigenvalue weighted by molar-refractivity contribution is 8.00. The molecule has 0 heterocycles. The monoisotopic (exact) mass is 485 g/mol. The fourth-order valence-electron chi connectivity index (χ4n) is 7.22. The van der Waals surface area contributed by atoms with Gasteiger partial charge in [-0.15, -0.1) is 11.8 Å². The van der Waals surface area contributed by atoms with Gasteiger partial charge in [-0.05, 0) is 85.7 Å². The number of benzene rings is 1. The van der Waals surface area contributed by atoms with E-state index in [-0.39, 0.29) is 27.5 Å². The first-order valence-electron chi connectivity index (χ1n) is 13.7. The normalized spacial score (nSPS) is 29.3. The second-order valence-corrected chi connectivity index (χ2v) is 15.1. The third-order valence-electron chi connectivity index (χ3n) is 8.52. The van der Waals surface area contributed by atoms with Gasteiger partial charge in [-0.1, -0.05) is 61.3 Å². The van der Waals surface area contributed by atoms with Crippen LogP contribution in [0.2, 0.25) is 0 Å². The van der Waals surface area contributed by atoms with E-state index < -0.39 is 0 Å². The van der Waals surface area contributed by atoms with E-state index in [4.69, 9.17) is 0 Å². The largest absolute Gasteiger partial charge is 0.507 e. The molecule has 1 amide bonds. The lowest BCUT2D eigenvalue weighted by atomic mass is 9.53. The summed E-state index contributed by atoms with van der Waals surface area (Å²) in [5.41, 5.74) is 1.66. The topological polar surface area (TPSA) is 49.3 Å². The molecule has 1 atom stereocenters. The van der Waals surface area contributed by atoms with Gasteiger partial charge in [-0.25, -0.2) is 0 Å². The molecule has 4 aliphatic rings. The van der Waals surface area contributed by atoms with Crippen molar-refractivity contribution >= 4 is 17.7 Å². The molecule has 1 aromatic carbocycles. The Morgan fingerprint density at radius 3 is 1.88 bits per heavy atom. The fourth-order valence-corrected chi connectivity index (χ4v) is 8.37. The smallest absolute Gasteiger partial charge is 0.233 e. The van der Waals surface area contributed by atoms with Gasteiger partial charge in [0.1, 0.15) is 5.75 Å². The van der Waals surface area contributed by atoms with Crippen LogP contribution < -0.4 is 5.32 Å². The quantitative estimate of drug-likeness (QED) is 0.389. The average Bonchev–Trinajstić information content (AvgIpc) is 2.68. The van der Waals surface area contributed by atoms with E-state index in [1.165, 1.54) is 38.5 Å². The van der Waals surface area contributed by atoms with Crippen molar-refractivity contribution in [3.8, 4) is 5.75 Å². The molecule has 4 saturated carbocycles. The van der Waals surface area contributed by atoms with E-state index in [0.29, 0.717) is 5.75 Å². The van der Waals surface area contributed by atoms with E-state index in [1.54, 1.807) is 11.8 Å². The molecule has 3 nitrogen and oxygen atoms in total. The number of unbranched alkanes of at least 4 members (excludes halogenated alkanes) is 1. The van der Waals surface area contributed by atoms with Crippen molar-refractivity contribution in [2.45, 2.75) is 133 Å². The zero-order valence-corrected chi connectivity index (χ0v) is 23.4. The van der Waals surface area contributed by atoms with Gasteiger partial charge in [0.05, 0.1) is 5.25 Å². The zero-order chi connectivity index (χ0) is 24.9. The highest BCUT2D eigenvalue weighted by Crippen LogP contribution is 2.55. The van der Waals surface area contributed by atoms with Gasteiger partial charge >= 0.3 is 0 Å². The molecule has 0 aliphatic heterocycles. The number of nitrogens with one attached hydrogen (secondary N) is 1. The Hall–Kier alpha value is -1.16. The summed E-state index contributed by atoms with van der Waals surface area (Å²) in [6.45, 7) is 15.1. The molecular weight excluding hydrogens is 438 g/mol. The van der Waals surface area contributed by atoms with Crippen LogP contribution in [0.25, 0.3) is 0 Å². The number of phenols is 1. The Kier molecular flexibility index (Phi) is 7.15. The minimum absolute atomic E-state index is 0.0545. The minimum atomic E-state index is -0.166. The molecular formula is C30H47NO2S. The number of carbonyl (C=O) groups is 1. The Bertz CT molecular complexity index is 837. The molecule has 4 fully saturated rings. The summed E-state index contributed by atoms with van der Waals surface area (Å²) in [4.78, 5) is 14.9. The summed E-state index contributed by atoms with van der Waals surface area (Å²) < 4.78 is 0. The predicted molar refractivity (Wildman–Crippen MR) is 144 cm³/mol. The number of thioether (sulfide) groups is 1. The van der Waals surface area contributed by atoms with Crippen molar-refractivity contribution in [1.29, 1.82) is 0 Å². The lowest BCUT2D eigenvalue weighted by Gasteiger charge is -2.57. The van der Waals surface area contributed by atoms with Gasteiger partial charge in [0.25, 0.3) is 0 Å². The molecule has 1 unspecified atom stereocenters. The van der Waals surface area contributed by atoms with Crippen LogP contribution in [-0.2, 0) is 15.6 Å². The molecule has 5 rings (SSSR count). The van der Waals surface area contributed by atoms with Crippen LogP contribution in [-0.4, -0.2) is 21.8 Å². The first kappa shape index (κ1) is 25.9. The molecule has 0 aromatic heterocycles. The van der Waals surface area contributed by atoms with Crippen LogP contribution in [0.4, 0.5) is 0 Å². The van der Waals surface area contributed by atoms with Gasteiger partial charge in [0.2, 0.25) is 5.91 Å². The standard InChI is InChI=1S/C30H47NO2S/c1-8-9-10-25(27(33)31-30-16-19-11-20(17-30)13-21(12-19)18-30)34-22-14-23(28(2,3)4)26(32)24(15-22)29(5,6)7/h14-15,19-21,25,32H,8-13,16-18H2,1-7H3,(H,31,33). The van der Waals surface area contributed by atoms with Crippen LogP contribution in [0, 0.1) is 17.8 Å². The first-order valence-corrected chi connectivity index (χ1v) is 14.5. The maximum atomic E-state index is 13.8. The molecule has 2 N–H and O–H groups in total. The number of carbonyl (C=O) groups excluding carboxylic acids is 1. The Labute approximate surface area is 212 Å². The maximum Gasteiger partial charge on any atom is 0.233 e. The molecule has 34 heavy (non-hydrogen) atoms. The summed E-state index contributed by atoms with van der Waals surface area (Å²) in [5, 5.41) is 14.7. The minimum Gasteiger partial charge on any atom is -0.507 e. The van der Waals surface area contributed by atoms with E-state index >= 15 is 0 Å². The number of rotatable bonds is 7. The summed E-state index contributed by atoms with van der Waals surface area (Å²) in [6, 6.07) is 4.26. The highest BCUT2D eigenvalue weighted by Gasteiger charge is 2.51. The van der Waals surface area contributed by atoms with Gasteiger partial charge < -0.3 is 10.4 Å². The molecule has 4 heteroatoms. The van der Waals surface area contributed by atoms with Crippen LogP contribution in [0.15, 0.2) is 17.0 Å². The van der Waals surface area contributed by atoms with E-state index in [0.717, 1.165) is 53.0 Å². The van der Waals surface area contributed by atoms with Gasteiger partial charge in [0.15, 0.2) is 0 Å². The number of amides is 1. The van der Waals surface area contributed by atoms with Gasteiger partial charge in [-0.3, -0.25) is 4.79 Å². The number of hydrogen-bond donors (Lipinski definition) is 2. The number of hydrogen-bond acceptors (Lipinski definition) is 3. The van der Waals surface area contributed by atoms with Crippen molar-refractivity contribution < 1.29 is 9.90 Å². The maximum absolute atomic E-state index is 13.8. The van der Waals surface area contributed by atoms with Crippen LogP contribution in [0.1, 0.15) is 117 Å². The summed E-state index contributed by atoms with van der Waals surface area (Å²) in [6.07, 6.45) is 10.8. The van der Waals surface area contributed by atoms with E-state index in [2.05, 4.69) is 65.9 Å². The lowest BCUT2D eigenvalue weighted by molar-refractivity contribution is -0.126. The second-order valence-electron chi connectivity index (χ2n) is 13.8. The van der Waals surface area contributed by atoms with Crippen molar-refractivity contribution in [3.63, 3.8) is 0 Å². The summed E-state index contributed by atoms with van der Waals surface area (Å²) in [7, 11) is 0. The van der Waals surface area contributed by atoms with E-state index in [9.17, 15) is 9.90 Å².